The average Bonchev–Trinajstić information content (AvgIpc) is 3.34. The summed E-state index contributed by atoms with van der Waals surface area (Å²) < 4.78 is 20.5. The van der Waals surface area contributed by atoms with Gasteiger partial charge in [0.25, 0.3) is 5.56 Å². The Balaban J connectivity index is 1.39. The van der Waals surface area contributed by atoms with Gasteiger partial charge in [0, 0.05) is 5.02 Å². The fraction of sp³-hybridized carbons (Fsp3) is 0.194. The van der Waals surface area contributed by atoms with E-state index in [0.29, 0.717) is 50.3 Å². The van der Waals surface area contributed by atoms with Gasteiger partial charge in [0.2, 0.25) is 0 Å². The zero-order chi connectivity index (χ0) is 32.4. The van der Waals surface area contributed by atoms with Crippen LogP contribution in [0.2, 0.25) is 5.02 Å². The summed E-state index contributed by atoms with van der Waals surface area (Å²) in [6.07, 6.45) is 1.81. The topological polar surface area (TPSA) is 79.1 Å². The van der Waals surface area contributed by atoms with Gasteiger partial charge in [-0.25, -0.2) is 9.79 Å². The van der Waals surface area contributed by atoms with Crippen LogP contribution < -0.4 is 24.4 Å². The number of hydrogen-bond acceptors (Lipinski definition) is 7. The quantitative estimate of drug-likeness (QED) is 0.117. The first-order valence-corrected chi connectivity index (χ1v) is 17.1. The van der Waals surface area contributed by atoms with Gasteiger partial charge in [-0.1, -0.05) is 77.5 Å². The molecular weight excluding hydrogens is 735 g/mol. The molecule has 0 amide bonds. The minimum Gasteiger partial charge on any atom is -0.490 e. The summed E-state index contributed by atoms with van der Waals surface area (Å²) in [4.78, 5) is 32.4. The van der Waals surface area contributed by atoms with Crippen molar-refractivity contribution in [1.82, 2.24) is 4.57 Å². The SMILES string of the molecule is CCOC(=O)C1=C(C)N=c2s/c(=C/c3cc(I)c(OCc4ccc5ccccc5c4)c(OCC)c3)c(=O)n2[C@@H]1c1ccccc1Cl. The molecule has 0 saturated heterocycles. The second-order valence-electron chi connectivity index (χ2n) is 10.6. The highest BCUT2D eigenvalue weighted by atomic mass is 127. The maximum Gasteiger partial charge on any atom is 0.338 e. The molecule has 6 rings (SSSR count). The molecular formula is C36H30ClIN2O5S. The molecule has 10 heteroatoms. The van der Waals surface area contributed by atoms with Gasteiger partial charge in [-0.15, -0.1) is 0 Å². The van der Waals surface area contributed by atoms with Crippen LogP contribution in [0.3, 0.4) is 0 Å². The lowest BCUT2D eigenvalue weighted by Crippen LogP contribution is -2.40. The van der Waals surface area contributed by atoms with Crippen molar-refractivity contribution < 1.29 is 19.0 Å². The van der Waals surface area contributed by atoms with Crippen LogP contribution in [0.4, 0.5) is 0 Å². The molecule has 1 aromatic heterocycles. The van der Waals surface area contributed by atoms with E-state index in [1.54, 1.807) is 19.9 Å². The summed E-state index contributed by atoms with van der Waals surface area (Å²) in [5.41, 5.74) is 2.93. The molecule has 0 fully saturated rings. The molecule has 0 N–H and O–H groups in total. The van der Waals surface area contributed by atoms with E-state index in [4.69, 9.17) is 25.8 Å². The number of allylic oxidation sites excluding steroid dienone is 1. The van der Waals surface area contributed by atoms with Crippen LogP contribution >= 0.6 is 45.5 Å². The number of carbonyl (C=O) groups excluding carboxylic acids is 1. The van der Waals surface area contributed by atoms with E-state index >= 15 is 0 Å². The Kier molecular flexibility index (Phi) is 9.62. The number of thiazole rings is 1. The van der Waals surface area contributed by atoms with E-state index in [1.807, 2.05) is 55.5 Å². The van der Waals surface area contributed by atoms with Crippen LogP contribution in [0.25, 0.3) is 16.8 Å². The molecule has 234 valence electrons. The van der Waals surface area contributed by atoms with Crippen molar-refractivity contribution in [3.05, 3.63) is 135 Å². The first-order valence-electron chi connectivity index (χ1n) is 14.8. The minimum atomic E-state index is -0.781. The molecule has 0 spiro atoms. The summed E-state index contributed by atoms with van der Waals surface area (Å²) in [5.74, 6) is 0.698. The number of benzene rings is 4. The Bertz CT molecular complexity index is 2190. The number of esters is 1. The standard InChI is InChI=1S/C36H30ClIN2O5S/c1-4-43-29-18-23(17-28(38)33(29)45-20-22-14-15-24-10-6-7-11-25(24)16-22)19-30-34(41)40-32(26-12-8-9-13-27(26)37)31(35(42)44-5-2)21(3)39-36(40)46-30/h6-19,32H,4-5,20H2,1-3H3/b30-19+/t32-/m1/s1. The lowest BCUT2D eigenvalue weighted by atomic mass is 9.96. The maximum atomic E-state index is 14.1. The predicted molar refractivity (Wildman–Crippen MR) is 190 cm³/mol. The van der Waals surface area contributed by atoms with E-state index in [0.717, 1.165) is 20.1 Å². The van der Waals surface area contributed by atoms with E-state index < -0.39 is 12.0 Å². The fourth-order valence-corrected chi connectivity index (χ4v) is 7.56. The molecule has 0 unspecified atom stereocenters. The molecule has 4 aromatic carbocycles. The molecule has 5 aromatic rings. The molecule has 0 bridgehead atoms. The Morgan fingerprint density at radius 3 is 2.52 bits per heavy atom. The average molecular weight is 765 g/mol. The molecule has 1 aliphatic rings. The molecule has 7 nitrogen and oxygen atoms in total. The molecule has 2 heterocycles. The lowest BCUT2D eigenvalue weighted by molar-refractivity contribution is -0.139. The number of halogens is 2. The van der Waals surface area contributed by atoms with Crippen molar-refractivity contribution in [3.63, 3.8) is 0 Å². The first-order chi connectivity index (χ1) is 22.3. The third kappa shape index (κ3) is 6.36. The van der Waals surface area contributed by atoms with Crippen molar-refractivity contribution in [2.24, 2.45) is 4.99 Å². The first kappa shape index (κ1) is 32.0. The van der Waals surface area contributed by atoms with Gasteiger partial charge in [-0.3, -0.25) is 9.36 Å². The zero-order valence-electron chi connectivity index (χ0n) is 25.4. The maximum absolute atomic E-state index is 14.1. The molecule has 1 atom stereocenters. The highest BCUT2D eigenvalue weighted by molar-refractivity contribution is 14.1. The number of nitrogens with zero attached hydrogens (tertiary/aromatic N) is 2. The normalized spacial score (nSPS) is 14.6. The highest BCUT2D eigenvalue weighted by Gasteiger charge is 2.34. The number of ether oxygens (including phenoxy) is 3. The molecule has 0 aliphatic carbocycles. The Labute approximate surface area is 288 Å². The van der Waals surface area contributed by atoms with Gasteiger partial charge in [0.05, 0.1) is 32.6 Å². The van der Waals surface area contributed by atoms with Crippen LogP contribution in [0.1, 0.15) is 43.5 Å². The van der Waals surface area contributed by atoms with Gasteiger partial charge < -0.3 is 14.2 Å². The number of carbonyl (C=O) groups is 1. The van der Waals surface area contributed by atoms with Crippen molar-refractivity contribution >= 4 is 68.3 Å². The van der Waals surface area contributed by atoms with Gasteiger partial charge in [-0.2, -0.15) is 0 Å². The van der Waals surface area contributed by atoms with Crippen molar-refractivity contribution in [1.29, 1.82) is 0 Å². The van der Waals surface area contributed by atoms with Crippen molar-refractivity contribution in [3.8, 4) is 11.5 Å². The Hall–Kier alpha value is -3.93. The predicted octanol–water partition coefficient (Wildman–Crippen LogP) is 7.19. The van der Waals surface area contributed by atoms with Crippen LogP contribution in [-0.4, -0.2) is 23.8 Å². The number of aromatic nitrogens is 1. The smallest absolute Gasteiger partial charge is 0.338 e. The zero-order valence-corrected chi connectivity index (χ0v) is 29.1. The number of hydrogen-bond donors (Lipinski definition) is 0. The summed E-state index contributed by atoms with van der Waals surface area (Å²) in [6, 6.07) is 24.8. The summed E-state index contributed by atoms with van der Waals surface area (Å²) in [6.45, 7) is 6.43. The molecule has 0 radical (unpaired) electrons. The van der Waals surface area contributed by atoms with Crippen LogP contribution in [-0.2, 0) is 16.1 Å². The van der Waals surface area contributed by atoms with Crippen molar-refractivity contribution in [2.75, 3.05) is 13.2 Å². The Morgan fingerprint density at radius 2 is 1.76 bits per heavy atom. The Morgan fingerprint density at radius 1 is 1.00 bits per heavy atom. The molecule has 1 aliphatic heterocycles. The number of rotatable bonds is 9. The van der Waals surface area contributed by atoms with Gasteiger partial charge >= 0.3 is 5.97 Å². The fourth-order valence-electron chi connectivity index (χ4n) is 5.49. The van der Waals surface area contributed by atoms with Crippen molar-refractivity contribution in [2.45, 2.75) is 33.4 Å². The van der Waals surface area contributed by atoms with E-state index in [-0.39, 0.29) is 17.7 Å². The highest BCUT2D eigenvalue weighted by Crippen LogP contribution is 2.36. The second-order valence-corrected chi connectivity index (χ2v) is 13.1. The third-order valence-corrected chi connectivity index (χ3v) is 9.67. The minimum absolute atomic E-state index is 0.193. The summed E-state index contributed by atoms with van der Waals surface area (Å²) >= 11 is 10.1. The van der Waals surface area contributed by atoms with Crippen LogP contribution in [0.5, 0.6) is 11.5 Å². The lowest BCUT2D eigenvalue weighted by Gasteiger charge is -2.25. The molecule has 46 heavy (non-hydrogen) atoms. The van der Waals surface area contributed by atoms with Gasteiger partial charge in [0.1, 0.15) is 12.6 Å². The summed E-state index contributed by atoms with van der Waals surface area (Å²) in [7, 11) is 0. The summed E-state index contributed by atoms with van der Waals surface area (Å²) in [5, 5.41) is 2.77. The monoisotopic (exact) mass is 764 g/mol. The van der Waals surface area contributed by atoms with Crippen LogP contribution in [0, 0.1) is 3.57 Å². The van der Waals surface area contributed by atoms with E-state index in [9.17, 15) is 9.59 Å². The van der Waals surface area contributed by atoms with Gasteiger partial charge in [-0.05, 0) is 101 Å². The van der Waals surface area contributed by atoms with Crippen LogP contribution in [0.15, 0.2) is 99.9 Å². The van der Waals surface area contributed by atoms with Gasteiger partial charge in [0.15, 0.2) is 16.3 Å². The third-order valence-electron chi connectivity index (χ3n) is 7.54. The van der Waals surface area contributed by atoms with E-state index in [2.05, 4.69) is 57.9 Å². The largest absolute Gasteiger partial charge is 0.490 e. The van der Waals surface area contributed by atoms with E-state index in [1.165, 1.54) is 21.3 Å². The number of fused-ring (bicyclic) bond motifs is 2. The second kappa shape index (κ2) is 13.8. The molecule has 0 saturated carbocycles.